The predicted molar refractivity (Wildman–Crippen MR) is 62.3 cm³/mol. The van der Waals surface area contributed by atoms with E-state index in [0.29, 0.717) is 23.8 Å². The van der Waals surface area contributed by atoms with Crippen molar-refractivity contribution < 1.29 is 4.52 Å². The summed E-state index contributed by atoms with van der Waals surface area (Å²) in [5.41, 5.74) is 2.38. The smallest absolute Gasteiger partial charge is 0.223 e. The minimum atomic E-state index is 0.440. The monoisotopic (exact) mass is 228 g/mol. The van der Waals surface area contributed by atoms with Crippen molar-refractivity contribution in [1.82, 2.24) is 10.1 Å². The first-order chi connectivity index (χ1) is 8.20. The maximum absolute atomic E-state index is 9.06. The average molecular weight is 228 g/mol. The van der Waals surface area contributed by atoms with Crippen LogP contribution in [0.2, 0.25) is 0 Å². The molecule has 2 rings (SSSR count). The van der Waals surface area contributed by atoms with E-state index in [1.165, 1.54) is 0 Å². The number of hydrogen-bond donors (Lipinski definition) is 1. The molecule has 0 aliphatic carbocycles. The second-order valence-corrected chi connectivity index (χ2v) is 3.69. The molecule has 0 aliphatic heterocycles. The molecule has 86 valence electrons. The van der Waals surface area contributed by atoms with Crippen molar-refractivity contribution in [3.8, 4) is 6.07 Å². The van der Waals surface area contributed by atoms with Gasteiger partial charge in [-0.25, -0.2) is 0 Å². The number of aromatic nitrogens is 2. The van der Waals surface area contributed by atoms with Gasteiger partial charge in [0.25, 0.3) is 0 Å². The fourth-order valence-electron chi connectivity index (χ4n) is 1.55. The van der Waals surface area contributed by atoms with Gasteiger partial charge in [-0.3, -0.25) is 0 Å². The Labute approximate surface area is 99.1 Å². The van der Waals surface area contributed by atoms with Crippen LogP contribution < -0.4 is 5.32 Å². The summed E-state index contributed by atoms with van der Waals surface area (Å²) < 4.78 is 4.87. The van der Waals surface area contributed by atoms with E-state index in [1.807, 2.05) is 25.1 Å². The van der Waals surface area contributed by atoms with E-state index in [0.717, 1.165) is 11.3 Å². The van der Waals surface area contributed by atoms with Crippen LogP contribution in [0, 0.1) is 25.2 Å². The molecule has 0 saturated carbocycles. The summed E-state index contributed by atoms with van der Waals surface area (Å²) in [6.45, 7) is 4.08. The number of nitrogens with one attached hydrogen (secondary N) is 1. The zero-order valence-corrected chi connectivity index (χ0v) is 9.69. The van der Waals surface area contributed by atoms with E-state index < -0.39 is 0 Å². The van der Waals surface area contributed by atoms with E-state index in [4.69, 9.17) is 9.78 Å². The van der Waals surface area contributed by atoms with Crippen molar-refractivity contribution in [3.05, 3.63) is 41.0 Å². The molecule has 0 saturated heterocycles. The number of benzene rings is 1. The first-order valence-electron chi connectivity index (χ1n) is 5.23. The summed E-state index contributed by atoms with van der Waals surface area (Å²) in [7, 11) is 0. The van der Waals surface area contributed by atoms with Crippen LogP contribution >= 0.6 is 0 Å². The van der Waals surface area contributed by atoms with Gasteiger partial charge in [-0.05, 0) is 18.6 Å². The topological polar surface area (TPSA) is 74.7 Å². The highest BCUT2D eigenvalue weighted by molar-refractivity contribution is 5.60. The van der Waals surface area contributed by atoms with Crippen LogP contribution in [-0.2, 0) is 6.54 Å². The summed E-state index contributed by atoms with van der Waals surface area (Å²) in [5, 5.41) is 16.0. The minimum Gasteiger partial charge on any atom is -0.377 e. The van der Waals surface area contributed by atoms with Crippen molar-refractivity contribution >= 4 is 5.69 Å². The Morgan fingerprint density at radius 3 is 2.88 bits per heavy atom. The molecular weight excluding hydrogens is 216 g/mol. The maximum atomic E-state index is 9.06. The fourth-order valence-corrected chi connectivity index (χ4v) is 1.55. The molecular formula is C12H12N4O. The molecule has 5 heteroatoms. The van der Waals surface area contributed by atoms with Crippen molar-refractivity contribution in [2.24, 2.45) is 0 Å². The van der Waals surface area contributed by atoms with Gasteiger partial charge in [0.2, 0.25) is 5.89 Å². The van der Waals surface area contributed by atoms with Crippen LogP contribution in [0.25, 0.3) is 0 Å². The number of hydrogen-bond acceptors (Lipinski definition) is 5. The molecule has 1 heterocycles. The van der Waals surface area contributed by atoms with Gasteiger partial charge in [0.05, 0.1) is 17.8 Å². The second-order valence-electron chi connectivity index (χ2n) is 3.69. The first-order valence-corrected chi connectivity index (χ1v) is 5.23. The van der Waals surface area contributed by atoms with E-state index in [9.17, 15) is 0 Å². The fraction of sp³-hybridized carbons (Fsp3) is 0.250. The molecule has 17 heavy (non-hydrogen) atoms. The Bertz CT molecular complexity index is 568. The maximum Gasteiger partial charge on any atom is 0.223 e. The summed E-state index contributed by atoms with van der Waals surface area (Å²) in [4.78, 5) is 4.08. The van der Waals surface area contributed by atoms with E-state index >= 15 is 0 Å². The average Bonchev–Trinajstić information content (AvgIpc) is 2.72. The van der Waals surface area contributed by atoms with E-state index in [-0.39, 0.29) is 0 Å². The number of anilines is 1. The van der Waals surface area contributed by atoms with Crippen LogP contribution in [-0.4, -0.2) is 10.1 Å². The van der Waals surface area contributed by atoms with E-state index in [1.54, 1.807) is 6.92 Å². The third-order valence-corrected chi connectivity index (χ3v) is 2.39. The number of aryl methyl sites for hydroxylation is 2. The lowest BCUT2D eigenvalue weighted by molar-refractivity contribution is 0.388. The number of nitrogens with zero attached hydrogens (tertiary/aromatic N) is 3. The molecule has 0 bridgehead atoms. The van der Waals surface area contributed by atoms with Gasteiger partial charge in [0, 0.05) is 6.92 Å². The minimum absolute atomic E-state index is 0.440. The molecule has 5 nitrogen and oxygen atoms in total. The molecule has 0 amide bonds. The Hall–Kier alpha value is -2.35. The third kappa shape index (κ3) is 2.42. The van der Waals surface area contributed by atoms with Crippen LogP contribution in [0.15, 0.2) is 22.7 Å². The molecule has 0 unspecified atom stereocenters. The lowest BCUT2D eigenvalue weighted by Crippen LogP contribution is -2.03. The van der Waals surface area contributed by atoms with Gasteiger partial charge < -0.3 is 9.84 Å². The first kappa shape index (κ1) is 11.1. The van der Waals surface area contributed by atoms with Crippen molar-refractivity contribution in [2.45, 2.75) is 20.4 Å². The zero-order valence-electron chi connectivity index (χ0n) is 9.69. The second kappa shape index (κ2) is 4.66. The largest absolute Gasteiger partial charge is 0.377 e. The van der Waals surface area contributed by atoms with Crippen molar-refractivity contribution in [1.29, 1.82) is 5.26 Å². The molecule has 0 fully saturated rings. The van der Waals surface area contributed by atoms with Crippen LogP contribution in [0.4, 0.5) is 5.69 Å². The molecule has 0 aliphatic rings. The third-order valence-electron chi connectivity index (χ3n) is 2.39. The van der Waals surface area contributed by atoms with Crippen LogP contribution in [0.5, 0.6) is 0 Å². The highest BCUT2D eigenvalue weighted by atomic mass is 16.5. The number of nitriles is 1. The molecule has 0 atom stereocenters. The summed E-state index contributed by atoms with van der Waals surface area (Å²) in [6, 6.07) is 7.85. The lowest BCUT2D eigenvalue weighted by Gasteiger charge is -2.07. The van der Waals surface area contributed by atoms with Crippen molar-refractivity contribution in [2.75, 3.05) is 5.32 Å². The standard InChI is InChI=1S/C12H12N4O/c1-8-4-3-5-11(10(8)6-13)14-7-12-15-9(2)17-16-12/h3-5,14H,7H2,1-2H3. The molecule has 2 aromatic rings. The zero-order chi connectivity index (χ0) is 12.3. The Balaban J connectivity index is 2.14. The highest BCUT2D eigenvalue weighted by Gasteiger charge is 2.06. The summed E-state index contributed by atoms with van der Waals surface area (Å²) in [5.74, 6) is 1.11. The van der Waals surface area contributed by atoms with Gasteiger partial charge in [-0.15, -0.1) is 0 Å². The molecule has 1 aromatic carbocycles. The predicted octanol–water partition coefficient (Wildman–Crippen LogP) is 2.17. The van der Waals surface area contributed by atoms with E-state index in [2.05, 4.69) is 21.5 Å². The SMILES string of the molecule is Cc1nc(CNc2cccc(C)c2C#N)no1. The van der Waals surface area contributed by atoms with Gasteiger partial charge in [0.1, 0.15) is 6.07 Å². The van der Waals surface area contributed by atoms with Crippen molar-refractivity contribution in [3.63, 3.8) is 0 Å². The Morgan fingerprint density at radius 1 is 1.41 bits per heavy atom. The van der Waals surface area contributed by atoms with Gasteiger partial charge in [-0.2, -0.15) is 10.2 Å². The molecule has 0 radical (unpaired) electrons. The Morgan fingerprint density at radius 2 is 2.24 bits per heavy atom. The van der Waals surface area contributed by atoms with Crippen LogP contribution in [0.1, 0.15) is 22.8 Å². The van der Waals surface area contributed by atoms with Crippen LogP contribution in [0.3, 0.4) is 0 Å². The van der Waals surface area contributed by atoms with Gasteiger partial charge in [0.15, 0.2) is 5.82 Å². The Kier molecular flexibility index (Phi) is 3.06. The lowest BCUT2D eigenvalue weighted by atomic mass is 10.1. The summed E-state index contributed by atoms with van der Waals surface area (Å²) >= 11 is 0. The molecule has 1 N–H and O–H groups in total. The normalized spacial score (nSPS) is 9.94. The number of rotatable bonds is 3. The van der Waals surface area contributed by atoms with Gasteiger partial charge >= 0.3 is 0 Å². The molecule has 0 spiro atoms. The quantitative estimate of drug-likeness (QED) is 0.871. The highest BCUT2D eigenvalue weighted by Crippen LogP contribution is 2.18. The summed E-state index contributed by atoms with van der Waals surface area (Å²) in [6.07, 6.45) is 0. The molecule has 1 aromatic heterocycles. The van der Waals surface area contributed by atoms with Gasteiger partial charge in [-0.1, -0.05) is 17.3 Å².